The van der Waals surface area contributed by atoms with Crippen LogP contribution < -0.4 is 5.69 Å². The van der Waals surface area contributed by atoms with Gasteiger partial charge in [0.2, 0.25) is 0 Å². The Balaban J connectivity index is 2.30. The minimum Gasteiger partial charge on any atom is -0.293 e. The second-order valence-corrected chi connectivity index (χ2v) is 3.76. The number of rotatable bonds is 2. The smallest absolute Gasteiger partial charge is 0.293 e. The molecule has 0 aromatic carbocycles. The van der Waals surface area contributed by atoms with Crippen LogP contribution in [0.25, 0.3) is 0 Å². The van der Waals surface area contributed by atoms with Gasteiger partial charge in [-0.1, -0.05) is 11.6 Å². The summed E-state index contributed by atoms with van der Waals surface area (Å²) in [5.41, 5.74) is 1.28. The molecular weight excluding hydrogens is 228 g/mol. The van der Waals surface area contributed by atoms with E-state index in [4.69, 9.17) is 11.6 Å². The van der Waals surface area contributed by atoms with Gasteiger partial charge in [0.05, 0.1) is 24.6 Å². The van der Waals surface area contributed by atoms with E-state index in [-0.39, 0.29) is 5.69 Å². The van der Waals surface area contributed by atoms with Gasteiger partial charge in [0.25, 0.3) is 0 Å². The maximum Gasteiger partial charge on any atom is 0.347 e. The van der Waals surface area contributed by atoms with Gasteiger partial charge in [0.1, 0.15) is 5.15 Å². The van der Waals surface area contributed by atoms with Crippen LogP contribution in [0.4, 0.5) is 0 Å². The summed E-state index contributed by atoms with van der Waals surface area (Å²) in [5, 5.41) is 0.332. The molecule has 2 aromatic heterocycles. The van der Waals surface area contributed by atoms with Gasteiger partial charge in [0, 0.05) is 12.4 Å². The van der Waals surface area contributed by atoms with Crippen molar-refractivity contribution in [2.45, 2.75) is 13.5 Å². The molecule has 82 valence electrons. The van der Waals surface area contributed by atoms with Crippen LogP contribution in [0.15, 0.2) is 29.6 Å². The van der Waals surface area contributed by atoms with Gasteiger partial charge >= 0.3 is 5.69 Å². The van der Waals surface area contributed by atoms with Crippen molar-refractivity contribution in [1.29, 1.82) is 0 Å². The van der Waals surface area contributed by atoms with Crippen LogP contribution in [0.1, 0.15) is 11.3 Å². The molecule has 2 aromatic rings. The zero-order valence-corrected chi connectivity index (χ0v) is 9.35. The summed E-state index contributed by atoms with van der Waals surface area (Å²) < 4.78 is 1.48. The van der Waals surface area contributed by atoms with Crippen molar-refractivity contribution in [1.82, 2.24) is 19.5 Å². The Morgan fingerprint density at radius 2 is 2.06 bits per heavy atom. The highest BCUT2D eigenvalue weighted by molar-refractivity contribution is 6.29. The molecule has 0 aliphatic heterocycles. The number of hydrogen-bond acceptors (Lipinski definition) is 4. The second kappa shape index (κ2) is 4.40. The lowest BCUT2D eigenvalue weighted by Gasteiger charge is -2.04. The van der Waals surface area contributed by atoms with Crippen molar-refractivity contribution >= 4 is 11.6 Å². The van der Waals surface area contributed by atoms with Crippen molar-refractivity contribution in [3.05, 3.63) is 51.7 Å². The lowest BCUT2D eigenvalue weighted by atomic mass is 10.4. The Hall–Kier alpha value is -1.75. The molecule has 0 radical (unpaired) electrons. The first-order chi connectivity index (χ1) is 7.65. The summed E-state index contributed by atoms with van der Waals surface area (Å²) in [6, 6.07) is 0. The largest absolute Gasteiger partial charge is 0.347 e. The molecule has 6 heteroatoms. The van der Waals surface area contributed by atoms with Gasteiger partial charge in [0.15, 0.2) is 0 Å². The Bertz CT molecular complexity index is 549. The molecule has 0 bridgehead atoms. The summed E-state index contributed by atoms with van der Waals surface area (Å²) in [4.78, 5) is 23.1. The van der Waals surface area contributed by atoms with Gasteiger partial charge in [-0.2, -0.15) is 0 Å². The average Bonchev–Trinajstić information content (AvgIpc) is 2.27. The lowest BCUT2D eigenvalue weighted by molar-refractivity contribution is 0.702. The highest BCUT2D eigenvalue weighted by Crippen LogP contribution is 2.02. The Kier molecular flexibility index (Phi) is 2.96. The molecule has 0 saturated carbocycles. The normalized spacial score (nSPS) is 10.4. The van der Waals surface area contributed by atoms with Crippen molar-refractivity contribution in [2.75, 3.05) is 0 Å². The molecule has 0 spiro atoms. The van der Waals surface area contributed by atoms with Gasteiger partial charge in [-0.15, -0.1) is 0 Å². The third-order valence-corrected chi connectivity index (χ3v) is 2.19. The van der Waals surface area contributed by atoms with E-state index in [1.165, 1.54) is 23.2 Å². The summed E-state index contributed by atoms with van der Waals surface area (Å²) in [5.74, 6) is 0. The van der Waals surface area contributed by atoms with E-state index in [2.05, 4.69) is 15.0 Å². The van der Waals surface area contributed by atoms with E-state index >= 15 is 0 Å². The zero-order chi connectivity index (χ0) is 11.5. The Morgan fingerprint density at radius 1 is 1.25 bits per heavy atom. The monoisotopic (exact) mass is 236 g/mol. The lowest BCUT2D eigenvalue weighted by Crippen LogP contribution is -2.23. The van der Waals surface area contributed by atoms with Crippen LogP contribution in [0.5, 0.6) is 0 Å². The van der Waals surface area contributed by atoms with E-state index in [9.17, 15) is 4.79 Å². The summed E-state index contributed by atoms with van der Waals surface area (Å²) in [6.07, 6.45) is 6.25. The van der Waals surface area contributed by atoms with E-state index in [0.717, 1.165) is 5.56 Å². The number of aryl methyl sites for hydroxylation is 1. The number of aromatic nitrogens is 4. The molecule has 0 fully saturated rings. The van der Waals surface area contributed by atoms with Crippen LogP contribution in [0, 0.1) is 6.92 Å². The van der Waals surface area contributed by atoms with Crippen molar-refractivity contribution in [3.63, 3.8) is 0 Å². The molecule has 2 rings (SSSR count). The van der Waals surface area contributed by atoms with Gasteiger partial charge in [-0.3, -0.25) is 9.55 Å². The first-order valence-corrected chi connectivity index (χ1v) is 5.02. The zero-order valence-electron chi connectivity index (χ0n) is 8.59. The fourth-order valence-electron chi connectivity index (χ4n) is 1.27. The van der Waals surface area contributed by atoms with Crippen LogP contribution >= 0.6 is 11.6 Å². The minimum absolute atomic E-state index is 0.303. The Labute approximate surface area is 96.8 Å². The first kappa shape index (κ1) is 10.8. The molecule has 0 aliphatic carbocycles. The standard InChI is InChI=1S/C10H9ClN4O/c1-7-2-14-10(16)15(5-7)6-8-3-13-9(11)4-12-8/h2-5H,6H2,1H3. The SMILES string of the molecule is Cc1cnc(=O)n(Cc2cnc(Cl)cn2)c1. The fraction of sp³-hybridized carbons (Fsp3) is 0.200. The summed E-state index contributed by atoms with van der Waals surface area (Å²) >= 11 is 5.62. The predicted molar refractivity (Wildman–Crippen MR) is 59.4 cm³/mol. The summed E-state index contributed by atoms with van der Waals surface area (Å²) in [6.45, 7) is 2.22. The molecular formula is C10H9ClN4O. The van der Waals surface area contributed by atoms with Crippen molar-refractivity contribution in [3.8, 4) is 0 Å². The minimum atomic E-state index is -0.303. The molecule has 0 atom stereocenters. The molecule has 16 heavy (non-hydrogen) atoms. The maximum atomic E-state index is 11.4. The quantitative estimate of drug-likeness (QED) is 0.782. The maximum absolute atomic E-state index is 11.4. The van der Waals surface area contributed by atoms with Crippen LogP contribution in [-0.2, 0) is 6.54 Å². The van der Waals surface area contributed by atoms with Crippen molar-refractivity contribution < 1.29 is 0 Å². The van der Waals surface area contributed by atoms with Crippen molar-refractivity contribution in [2.24, 2.45) is 0 Å². The average molecular weight is 237 g/mol. The number of halogens is 1. The van der Waals surface area contributed by atoms with Gasteiger partial charge in [-0.25, -0.2) is 14.8 Å². The molecule has 0 amide bonds. The van der Waals surface area contributed by atoms with Crippen LogP contribution in [-0.4, -0.2) is 19.5 Å². The molecule has 0 unspecified atom stereocenters. The van der Waals surface area contributed by atoms with E-state index in [0.29, 0.717) is 17.4 Å². The third-order valence-electron chi connectivity index (χ3n) is 1.99. The Morgan fingerprint density at radius 3 is 2.75 bits per heavy atom. The predicted octanol–water partition coefficient (Wildman–Crippen LogP) is 1.04. The topological polar surface area (TPSA) is 60.7 Å². The van der Waals surface area contributed by atoms with Gasteiger partial charge in [-0.05, 0) is 12.5 Å². The van der Waals surface area contributed by atoms with Gasteiger partial charge < -0.3 is 0 Å². The molecule has 5 nitrogen and oxygen atoms in total. The highest BCUT2D eigenvalue weighted by Gasteiger charge is 2.01. The molecule has 0 aliphatic rings. The number of hydrogen-bond donors (Lipinski definition) is 0. The summed E-state index contributed by atoms with van der Waals surface area (Å²) in [7, 11) is 0. The second-order valence-electron chi connectivity index (χ2n) is 3.37. The first-order valence-electron chi connectivity index (χ1n) is 4.64. The third kappa shape index (κ3) is 2.43. The molecule has 0 N–H and O–H groups in total. The molecule has 0 saturated heterocycles. The van der Waals surface area contributed by atoms with E-state index in [1.54, 1.807) is 6.20 Å². The van der Waals surface area contributed by atoms with Crippen LogP contribution in [0.2, 0.25) is 5.15 Å². The fourth-order valence-corrected chi connectivity index (χ4v) is 1.37. The van der Waals surface area contributed by atoms with E-state index < -0.39 is 0 Å². The van der Waals surface area contributed by atoms with Crippen LogP contribution in [0.3, 0.4) is 0 Å². The van der Waals surface area contributed by atoms with E-state index in [1.807, 2.05) is 6.92 Å². The molecule has 2 heterocycles. The number of nitrogens with zero attached hydrogens (tertiary/aromatic N) is 4. The highest BCUT2D eigenvalue weighted by atomic mass is 35.5.